The van der Waals surface area contributed by atoms with E-state index in [1.807, 2.05) is 26.8 Å². The molecule has 0 heterocycles. The molecule has 0 amide bonds. The molecule has 0 N–H and O–H groups in total. The molecule has 1 aromatic rings. The largest absolute Gasteiger partial charge is 0.103 e. The van der Waals surface area contributed by atoms with Crippen LogP contribution in [0, 0.1) is 0 Å². The lowest BCUT2D eigenvalue weighted by atomic mass is 9.87. The molecule has 0 heteroatoms. The van der Waals surface area contributed by atoms with Gasteiger partial charge in [-0.25, -0.2) is 0 Å². The lowest BCUT2D eigenvalue weighted by molar-refractivity contribution is 0.730. The summed E-state index contributed by atoms with van der Waals surface area (Å²) in [4.78, 5) is 0. The molecule has 0 aliphatic carbocycles. The van der Waals surface area contributed by atoms with Crippen LogP contribution in [0.5, 0.6) is 0 Å². The maximum absolute atomic E-state index is 3.63. The van der Waals surface area contributed by atoms with Crippen molar-refractivity contribution in [1.82, 2.24) is 0 Å². The van der Waals surface area contributed by atoms with Crippen molar-refractivity contribution < 1.29 is 0 Å². The molecule has 0 aliphatic heterocycles. The Kier molecular flexibility index (Phi) is 24.6. The molecule has 0 fully saturated rings. The highest BCUT2D eigenvalue weighted by atomic mass is 14.2. The third-order valence-corrected chi connectivity index (χ3v) is 3.86. The van der Waals surface area contributed by atoms with Gasteiger partial charge >= 0.3 is 0 Å². The summed E-state index contributed by atoms with van der Waals surface area (Å²) in [5, 5.41) is 0. The van der Waals surface area contributed by atoms with Crippen LogP contribution in [0.25, 0.3) is 0 Å². The summed E-state index contributed by atoms with van der Waals surface area (Å²) < 4.78 is 0. The van der Waals surface area contributed by atoms with Crippen molar-refractivity contribution in [3.8, 4) is 0 Å². The van der Waals surface area contributed by atoms with Gasteiger partial charge in [0.2, 0.25) is 0 Å². The first kappa shape index (κ1) is 29.5. The Bertz CT molecular complexity index is 397. The Hall–Kier alpha value is -1.30. The first-order valence-electron chi connectivity index (χ1n) is 10.7. The zero-order valence-electron chi connectivity index (χ0n) is 19.5. The normalized spacial score (nSPS) is 9.19. The van der Waals surface area contributed by atoms with Crippen LogP contribution in [-0.4, -0.2) is 0 Å². The molecule has 0 bridgehead atoms. The number of rotatable bonds is 7. The maximum Gasteiger partial charge on any atom is -0.0216 e. The van der Waals surface area contributed by atoms with E-state index in [1.54, 1.807) is 11.6 Å². The summed E-state index contributed by atoms with van der Waals surface area (Å²) in [6, 6.07) is 6.74. The monoisotopic (exact) mass is 360 g/mol. The fraction of sp³-hybridized carbons (Fsp3) is 0.615. The summed E-state index contributed by atoms with van der Waals surface area (Å²) >= 11 is 0. The van der Waals surface area contributed by atoms with E-state index in [-0.39, 0.29) is 0 Å². The Labute approximate surface area is 166 Å². The van der Waals surface area contributed by atoms with Crippen LogP contribution >= 0.6 is 0 Å². The van der Waals surface area contributed by atoms with Crippen molar-refractivity contribution >= 4 is 0 Å². The Morgan fingerprint density at radius 1 is 0.885 bits per heavy atom. The molecule has 1 aromatic carbocycles. The molecular weight excluding hydrogens is 312 g/mol. The molecule has 0 aliphatic rings. The zero-order chi connectivity index (χ0) is 21.0. The minimum atomic E-state index is 0.642. The third-order valence-electron chi connectivity index (χ3n) is 3.86. The van der Waals surface area contributed by atoms with E-state index in [1.165, 1.54) is 36.8 Å². The summed E-state index contributed by atoms with van der Waals surface area (Å²) in [5.74, 6) is 1.28. The van der Waals surface area contributed by atoms with Gasteiger partial charge in [0.1, 0.15) is 0 Å². The Balaban J connectivity index is -0.000000371. The second-order valence-electron chi connectivity index (χ2n) is 6.77. The molecule has 0 aromatic heterocycles. The standard InChI is InChI=1S/C14H22.C7H14.C3H6.C2H6/c1-6-12-13(10(2)3)8-7-9-14(12)11(4)5;1-3-5-7-6-4-2;1-3-2;1-2/h7-11H,6H2,1-5H3;3H,1,4-7H2,2H3;3H,1H2,2H3;1-2H3. The highest BCUT2D eigenvalue weighted by Crippen LogP contribution is 2.27. The first-order chi connectivity index (χ1) is 12.4. The number of hydrogen-bond acceptors (Lipinski definition) is 0. The van der Waals surface area contributed by atoms with Crippen LogP contribution < -0.4 is 0 Å². The van der Waals surface area contributed by atoms with Crippen LogP contribution in [0.3, 0.4) is 0 Å². The third kappa shape index (κ3) is 15.0. The van der Waals surface area contributed by atoms with Gasteiger partial charge in [-0.3, -0.25) is 0 Å². The number of allylic oxidation sites excluding steroid dienone is 2. The molecule has 0 unspecified atom stereocenters. The summed E-state index contributed by atoms with van der Waals surface area (Å²) in [6.07, 6.45) is 10.1. The van der Waals surface area contributed by atoms with Gasteiger partial charge in [0.25, 0.3) is 0 Å². The minimum Gasteiger partial charge on any atom is -0.103 e. The van der Waals surface area contributed by atoms with E-state index >= 15 is 0 Å². The van der Waals surface area contributed by atoms with E-state index in [0.717, 1.165) is 6.42 Å². The molecule has 0 radical (unpaired) electrons. The lowest BCUT2D eigenvalue weighted by Gasteiger charge is -2.18. The quantitative estimate of drug-likeness (QED) is 0.335. The highest BCUT2D eigenvalue weighted by Gasteiger charge is 2.11. The Morgan fingerprint density at radius 2 is 1.31 bits per heavy atom. The SMILES string of the molecule is C=CC.C=CCCCCC.CC.CCc1c(C(C)C)cccc1C(C)C. The topological polar surface area (TPSA) is 0 Å². The van der Waals surface area contributed by atoms with E-state index in [2.05, 4.69) is 72.9 Å². The fourth-order valence-electron chi connectivity index (χ4n) is 2.65. The zero-order valence-corrected chi connectivity index (χ0v) is 19.5. The predicted molar refractivity (Wildman–Crippen MR) is 126 cm³/mol. The van der Waals surface area contributed by atoms with Crippen molar-refractivity contribution in [3.63, 3.8) is 0 Å². The van der Waals surface area contributed by atoms with Gasteiger partial charge in [-0.05, 0) is 54.7 Å². The molecular formula is C26H48. The summed E-state index contributed by atoms with van der Waals surface area (Å²) in [5.41, 5.74) is 4.62. The van der Waals surface area contributed by atoms with Crippen LogP contribution in [0.2, 0.25) is 0 Å². The lowest BCUT2D eigenvalue weighted by Crippen LogP contribution is -2.01. The van der Waals surface area contributed by atoms with Crippen molar-refractivity contribution in [3.05, 3.63) is 60.2 Å². The van der Waals surface area contributed by atoms with Crippen LogP contribution in [-0.2, 0) is 6.42 Å². The molecule has 1 rings (SSSR count). The van der Waals surface area contributed by atoms with Crippen molar-refractivity contribution in [2.24, 2.45) is 0 Å². The minimum absolute atomic E-state index is 0.642. The van der Waals surface area contributed by atoms with Gasteiger partial charge in [-0.1, -0.05) is 98.6 Å². The number of hydrogen-bond donors (Lipinski definition) is 0. The molecule has 0 nitrogen and oxygen atoms in total. The molecule has 0 saturated heterocycles. The van der Waals surface area contributed by atoms with E-state index in [0.29, 0.717) is 11.8 Å². The summed E-state index contributed by atoms with van der Waals surface area (Å²) in [6.45, 7) is 26.5. The smallest absolute Gasteiger partial charge is 0.0216 e. The van der Waals surface area contributed by atoms with Gasteiger partial charge in [-0.2, -0.15) is 0 Å². The molecule has 0 spiro atoms. The predicted octanol–water partition coefficient (Wildman–Crippen LogP) is 9.47. The highest BCUT2D eigenvalue weighted by molar-refractivity contribution is 5.38. The van der Waals surface area contributed by atoms with E-state index in [4.69, 9.17) is 0 Å². The van der Waals surface area contributed by atoms with Gasteiger partial charge in [0.15, 0.2) is 0 Å². The second-order valence-corrected chi connectivity index (χ2v) is 6.77. The Morgan fingerprint density at radius 3 is 1.58 bits per heavy atom. The van der Waals surface area contributed by atoms with E-state index in [9.17, 15) is 0 Å². The molecule has 0 atom stereocenters. The number of unbranched alkanes of at least 4 members (excludes halogenated alkanes) is 3. The number of benzene rings is 1. The second kappa shape index (κ2) is 21.7. The maximum atomic E-state index is 3.63. The molecule has 152 valence electrons. The van der Waals surface area contributed by atoms with Crippen LogP contribution in [0.15, 0.2) is 43.5 Å². The van der Waals surface area contributed by atoms with Gasteiger partial charge in [0.05, 0.1) is 0 Å². The average molecular weight is 361 g/mol. The van der Waals surface area contributed by atoms with Gasteiger partial charge in [-0.15, -0.1) is 13.2 Å². The van der Waals surface area contributed by atoms with E-state index < -0.39 is 0 Å². The van der Waals surface area contributed by atoms with Gasteiger partial charge < -0.3 is 0 Å². The molecule has 26 heavy (non-hydrogen) atoms. The summed E-state index contributed by atoms with van der Waals surface area (Å²) in [7, 11) is 0. The average Bonchev–Trinajstić information content (AvgIpc) is 2.64. The fourth-order valence-corrected chi connectivity index (χ4v) is 2.65. The van der Waals surface area contributed by atoms with Crippen molar-refractivity contribution in [1.29, 1.82) is 0 Å². The van der Waals surface area contributed by atoms with Crippen LogP contribution in [0.4, 0.5) is 0 Å². The van der Waals surface area contributed by atoms with Crippen molar-refractivity contribution in [2.45, 2.75) is 106 Å². The molecule has 0 saturated carbocycles. The van der Waals surface area contributed by atoms with Crippen molar-refractivity contribution in [2.75, 3.05) is 0 Å². The van der Waals surface area contributed by atoms with Crippen LogP contribution in [0.1, 0.15) is 117 Å². The first-order valence-corrected chi connectivity index (χ1v) is 10.7. The van der Waals surface area contributed by atoms with Gasteiger partial charge in [0, 0.05) is 0 Å².